The molecule has 69 heavy (non-hydrogen) atoms. The zero-order valence-corrected chi connectivity index (χ0v) is 36.9. The van der Waals surface area contributed by atoms with E-state index in [2.05, 4.69) is 77.0 Å². The highest BCUT2D eigenvalue weighted by Crippen LogP contribution is 2.45. The summed E-state index contributed by atoms with van der Waals surface area (Å²) in [4.78, 5) is 19.4. The van der Waals surface area contributed by atoms with Gasteiger partial charge in [0.1, 0.15) is 0 Å². The van der Waals surface area contributed by atoms with E-state index in [0.29, 0.717) is 50.7 Å². The van der Waals surface area contributed by atoms with E-state index in [-0.39, 0.29) is 0 Å². The average molecular weight is 899 g/mol. The van der Waals surface area contributed by atoms with Crippen LogP contribution in [-0.2, 0) is 6.18 Å². The molecule has 3 heterocycles. The first-order chi connectivity index (χ1) is 33.7. The minimum absolute atomic E-state index is 0.428. The number of nitrogens with zero attached hydrogens (tertiary/aromatic N) is 6. The summed E-state index contributed by atoms with van der Waals surface area (Å²) in [5, 5.41) is 3.39. The molecular weight excluding hydrogens is 862 g/mol. The molecule has 0 amide bonds. The Kier molecular flexibility index (Phi) is 9.78. The smallest absolute Gasteiger partial charge is 0.309 e. The van der Waals surface area contributed by atoms with E-state index in [1.54, 1.807) is 12.1 Å². The normalized spacial score (nSPS) is 11.8. The summed E-state index contributed by atoms with van der Waals surface area (Å²) in [6.45, 7) is 10.2. The Morgan fingerprint density at radius 2 is 0.986 bits per heavy atom. The fourth-order valence-corrected chi connectivity index (χ4v) is 9.72. The summed E-state index contributed by atoms with van der Waals surface area (Å²) < 4.78 is 47.5. The van der Waals surface area contributed by atoms with Crippen LogP contribution in [0.3, 0.4) is 0 Å². The highest BCUT2D eigenvalue weighted by atomic mass is 19.4. The van der Waals surface area contributed by atoms with Crippen molar-refractivity contribution in [2.45, 2.75) is 13.1 Å². The number of halogens is 3. The quantitative estimate of drug-likeness (QED) is 0.150. The maximum atomic E-state index is 14.4. The van der Waals surface area contributed by atoms with Gasteiger partial charge < -0.3 is 9.13 Å². The third-order valence-corrected chi connectivity index (χ3v) is 12.9. The lowest BCUT2D eigenvalue weighted by molar-refractivity contribution is -0.137. The molecule has 9 heteroatoms. The lowest BCUT2D eigenvalue weighted by Gasteiger charge is -2.20. The van der Waals surface area contributed by atoms with E-state index >= 15 is 0 Å². The van der Waals surface area contributed by atoms with Gasteiger partial charge in [0.15, 0.2) is 23.2 Å². The van der Waals surface area contributed by atoms with Gasteiger partial charge in [-0.15, -0.1) is 0 Å². The number of para-hydroxylation sites is 3. The first-order valence-corrected chi connectivity index (χ1v) is 22.5. The Morgan fingerprint density at radius 3 is 1.67 bits per heavy atom. The maximum Gasteiger partial charge on any atom is 0.416 e. The predicted molar refractivity (Wildman–Crippen MR) is 272 cm³/mol. The monoisotopic (exact) mass is 898 g/mol. The van der Waals surface area contributed by atoms with Crippen LogP contribution in [0.2, 0.25) is 0 Å². The van der Waals surface area contributed by atoms with Crippen molar-refractivity contribution in [1.29, 1.82) is 0 Å². The number of fused-ring (bicyclic) bond motifs is 6. The Balaban J connectivity index is 1.22. The van der Waals surface area contributed by atoms with Crippen molar-refractivity contribution in [2.24, 2.45) is 0 Å². The van der Waals surface area contributed by atoms with E-state index in [1.807, 2.05) is 126 Å². The third kappa shape index (κ3) is 7.09. The summed E-state index contributed by atoms with van der Waals surface area (Å²) in [7, 11) is 0. The van der Waals surface area contributed by atoms with Crippen LogP contribution in [0.1, 0.15) is 11.1 Å². The zero-order valence-electron chi connectivity index (χ0n) is 36.9. The summed E-state index contributed by atoms with van der Waals surface area (Å²) in [5.74, 6) is 1.42. The van der Waals surface area contributed by atoms with E-state index in [0.717, 1.165) is 78.0 Å². The van der Waals surface area contributed by atoms with Crippen LogP contribution in [0.5, 0.6) is 0 Å². The second kappa shape index (κ2) is 16.3. The van der Waals surface area contributed by atoms with Gasteiger partial charge in [-0.3, -0.25) is 0 Å². The Labute approximate surface area is 394 Å². The molecule has 9 aromatic carbocycles. The fraction of sp³-hybridized carbons (Fsp3) is 0.0333. The molecule has 0 aliphatic heterocycles. The topological polar surface area (TPSA) is 52.9 Å². The van der Waals surface area contributed by atoms with Gasteiger partial charge >= 0.3 is 6.18 Å². The molecule has 328 valence electrons. The maximum absolute atomic E-state index is 14.4. The molecule has 0 bridgehead atoms. The number of benzene rings is 9. The highest BCUT2D eigenvalue weighted by molar-refractivity contribution is 6.11. The van der Waals surface area contributed by atoms with Gasteiger partial charge in [0.05, 0.1) is 39.9 Å². The van der Waals surface area contributed by atoms with Crippen molar-refractivity contribution >= 4 is 49.3 Å². The van der Waals surface area contributed by atoms with Gasteiger partial charge in [-0.2, -0.15) is 13.2 Å². The number of hydrogen-bond acceptors (Lipinski definition) is 3. The van der Waals surface area contributed by atoms with Gasteiger partial charge in [-0.05, 0) is 96.4 Å². The number of aryl methyl sites for hydroxylation is 1. The molecule has 12 aromatic rings. The Hall–Kier alpha value is -9.13. The van der Waals surface area contributed by atoms with Crippen molar-refractivity contribution in [2.75, 3.05) is 0 Å². The molecule has 0 fully saturated rings. The molecule has 0 N–H and O–H groups in total. The van der Waals surface area contributed by atoms with Crippen LogP contribution < -0.4 is 0 Å². The largest absolute Gasteiger partial charge is 0.416 e. The molecule has 3 aromatic heterocycles. The fourth-order valence-electron chi connectivity index (χ4n) is 9.72. The molecule has 0 saturated heterocycles. The summed E-state index contributed by atoms with van der Waals surface area (Å²) in [5.41, 5.74) is 11.2. The van der Waals surface area contributed by atoms with E-state index in [4.69, 9.17) is 21.5 Å². The van der Waals surface area contributed by atoms with Crippen LogP contribution in [0.4, 0.5) is 18.9 Å². The highest BCUT2D eigenvalue weighted by Gasteiger charge is 2.32. The number of hydrogen-bond donors (Lipinski definition) is 0. The standard InChI is InChI=1S/C60H37F3N6/c1-37-25-30-54-48(33-37)44-20-10-13-23-52(44)68(54)42-28-29-46(59-66-57(38-15-5-3-6-16-38)65-58(67-59)39-17-7-4-8-18-39)47(36-42)49-34-40(43-19-9-12-22-51(43)64-2)26-31-55(49)69-53-24-14-11-21-45(53)50-35-41(60(61,62)63)27-32-56(50)69/h3-36H,1H3. The first kappa shape index (κ1) is 41.3. The first-order valence-electron chi connectivity index (χ1n) is 22.5. The SMILES string of the molecule is [C-]#[N+]c1ccccc1-c1ccc(-n2c3ccccc3c3cc(C(F)(F)F)ccc32)c(-c2cc(-n3c4ccccc4c4cc(C)ccc43)ccc2-c2nc(-c3ccccc3)nc(-c3ccccc3)n2)c1. The van der Waals surface area contributed by atoms with E-state index in [9.17, 15) is 13.2 Å². The molecular formula is C60H37F3N6. The zero-order chi connectivity index (χ0) is 46.8. The molecule has 0 atom stereocenters. The number of alkyl halides is 3. The van der Waals surface area contributed by atoms with E-state index < -0.39 is 11.7 Å². The molecule has 0 radical (unpaired) electrons. The van der Waals surface area contributed by atoms with Crippen LogP contribution in [-0.4, -0.2) is 24.1 Å². The summed E-state index contributed by atoms with van der Waals surface area (Å²) >= 11 is 0. The second-order valence-corrected chi connectivity index (χ2v) is 17.1. The second-order valence-electron chi connectivity index (χ2n) is 17.1. The van der Waals surface area contributed by atoms with Crippen LogP contribution >= 0.6 is 0 Å². The van der Waals surface area contributed by atoms with Gasteiger partial charge in [0.25, 0.3) is 0 Å². The minimum Gasteiger partial charge on any atom is -0.309 e. The predicted octanol–water partition coefficient (Wildman–Crippen LogP) is 16.3. The van der Waals surface area contributed by atoms with Crippen LogP contribution in [0.15, 0.2) is 206 Å². The minimum atomic E-state index is -4.54. The molecule has 0 unspecified atom stereocenters. The lowest BCUT2D eigenvalue weighted by atomic mass is 9.92. The van der Waals surface area contributed by atoms with Gasteiger partial charge in [-0.25, -0.2) is 19.8 Å². The van der Waals surface area contributed by atoms with Crippen molar-refractivity contribution in [3.63, 3.8) is 0 Å². The number of aromatic nitrogens is 5. The average Bonchev–Trinajstić information content (AvgIpc) is 3.90. The van der Waals surface area contributed by atoms with Crippen LogP contribution in [0, 0.1) is 13.5 Å². The van der Waals surface area contributed by atoms with Crippen LogP contribution in [0.25, 0.3) is 116 Å². The van der Waals surface area contributed by atoms with Gasteiger partial charge in [0, 0.05) is 49.5 Å². The molecule has 0 saturated carbocycles. The molecule has 12 rings (SSSR count). The molecule has 6 nitrogen and oxygen atoms in total. The Bertz CT molecular complexity index is 3970. The molecule has 0 aliphatic rings. The van der Waals surface area contributed by atoms with Gasteiger partial charge in [0.2, 0.25) is 0 Å². The molecule has 0 spiro atoms. The van der Waals surface area contributed by atoms with Crippen molar-refractivity contribution in [3.05, 3.63) is 229 Å². The summed E-state index contributed by atoms with van der Waals surface area (Å²) in [6.07, 6.45) is -4.54. The number of rotatable bonds is 7. The van der Waals surface area contributed by atoms with Gasteiger partial charge in [-0.1, -0.05) is 139 Å². The summed E-state index contributed by atoms with van der Waals surface area (Å²) in [6, 6.07) is 65.9. The van der Waals surface area contributed by atoms with Crippen molar-refractivity contribution in [3.8, 4) is 67.8 Å². The third-order valence-electron chi connectivity index (χ3n) is 12.9. The van der Waals surface area contributed by atoms with Crippen molar-refractivity contribution in [1.82, 2.24) is 24.1 Å². The lowest BCUT2D eigenvalue weighted by Crippen LogP contribution is -2.05. The Morgan fingerprint density at radius 1 is 0.420 bits per heavy atom. The molecule has 0 aliphatic carbocycles. The van der Waals surface area contributed by atoms with Crippen molar-refractivity contribution < 1.29 is 13.2 Å². The van der Waals surface area contributed by atoms with E-state index in [1.165, 1.54) is 6.07 Å².